The molecule has 1 aromatic rings. The molecule has 12 heavy (non-hydrogen) atoms. The van der Waals surface area contributed by atoms with Crippen LogP contribution >= 0.6 is 34.5 Å². The van der Waals surface area contributed by atoms with Crippen LogP contribution in [-0.2, 0) is 10.1 Å². The van der Waals surface area contributed by atoms with Gasteiger partial charge in [0.1, 0.15) is 14.5 Å². The van der Waals surface area contributed by atoms with Crippen LogP contribution in [0.15, 0.2) is 11.0 Å². The number of hydrogen-bond acceptors (Lipinski definition) is 4. The van der Waals surface area contributed by atoms with E-state index in [2.05, 4.69) is 0 Å². The van der Waals surface area contributed by atoms with Crippen LogP contribution in [0.25, 0.3) is 0 Å². The quantitative estimate of drug-likeness (QED) is 0.476. The molecule has 62 valence electrons. The first-order valence-electron chi connectivity index (χ1n) is 2.32. The minimum atomic E-state index is -4.47. The molecule has 0 N–H and O–H groups in total. The average molecular weight is 255 g/mol. The Morgan fingerprint density at radius 1 is 1.42 bits per heavy atom. The first kappa shape index (κ1) is 13.2. The molecule has 0 amide bonds. The van der Waals surface area contributed by atoms with Crippen molar-refractivity contribution >= 4 is 44.7 Å². The van der Waals surface area contributed by atoms with E-state index in [0.29, 0.717) is 0 Å². The molecule has 0 bridgehead atoms. The Morgan fingerprint density at radius 3 is 2.08 bits per heavy atom. The molecule has 0 saturated carbocycles. The summed E-state index contributed by atoms with van der Waals surface area (Å²) in [5.74, 6) is 0. The molecule has 0 aliphatic rings. The summed E-state index contributed by atoms with van der Waals surface area (Å²) in [4.78, 5) is -0.450. The molecule has 3 nitrogen and oxygen atoms in total. The summed E-state index contributed by atoms with van der Waals surface area (Å²) in [7, 11) is -4.47. The van der Waals surface area contributed by atoms with Crippen LogP contribution in [0.1, 0.15) is 0 Å². The van der Waals surface area contributed by atoms with Crippen molar-refractivity contribution in [3.05, 3.63) is 14.7 Å². The van der Waals surface area contributed by atoms with Crippen LogP contribution in [0.4, 0.5) is 0 Å². The Kier molecular flexibility index (Phi) is 5.07. The molecule has 0 aliphatic heterocycles. The van der Waals surface area contributed by atoms with Crippen LogP contribution in [-0.4, -0.2) is 13.0 Å². The fraction of sp³-hybridized carbons (Fsp3) is 0. The number of thiophene rings is 1. The van der Waals surface area contributed by atoms with Crippen LogP contribution < -0.4 is 29.6 Å². The van der Waals surface area contributed by atoms with Crippen LogP contribution in [0, 0.1) is 0 Å². The van der Waals surface area contributed by atoms with E-state index >= 15 is 0 Å². The number of hydrogen-bond donors (Lipinski definition) is 0. The zero-order valence-corrected chi connectivity index (χ0v) is 11.0. The molecule has 0 aromatic carbocycles. The summed E-state index contributed by atoms with van der Waals surface area (Å²) < 4.78 is 31.2. The minimum absolute atomic E-state index is 0. The van der Waals surface area contributed by atoms with Gasteiger partial charge in [0.2, 0.25) is 0 Å². The number of rotatable bonds is 1. The van der Waals surface area contributed by atoms with Crippen LogP contribution in [0.3, 0.4) is 0 Å². The van der Waals surface area contributed by atoms with Gasteiger partial charge in [-0.05, 0) is 6.07 Å². The van der Waals surface area contributed by atoms with Crippen molar-refractivity contribution in [1.29, 1.82) is 0 Å². The van der Waals surface area contributed by atoms with Gasteiger partial charge in [0.05, 0.1) is 9.23 Å². The monoisotopic (exact) mass is 254 g/mol. The smallest absolute Gasteiger partial charge is 0.744 e. The van der Waals surface area contributed by atoms with Gasteiger partial charge in [0.25, 0.3) is 0 Å². The average Bonchev–Trinajstić information content (AvgIpc) is 2.08. The van der Waals surface area contributed by atoms with E-state index in [1.54, 1.807) is 0 Å². The Labute approximate surface area is 106 Å². The van der Waals surface area contributed by atoms with E-state index in [-0.39, 0.29) is 38.2 Å². The van der Waals surface area contributed by atoms with Crippen molar-refractivity contribution in [1.82, 2.24) is 0 Å². The molecular formula is C4HCl2NaO3S2. The third-order valence-electron chi connectivity index (χ3n) is 0.895. The van der Waals surface area contributed by atoms with Crippen molar-refractivity contribution < 1.29 is 42.5 Å². The van der Waals surface area contributed by atoms with Crippen molar-refractivity contribution in [3.63, 3.8) is 0 Å². The second-order valence-electron chi connectivity index (χ2n) is 1.64. The Bertz CT molecular complexity index is 372. The Morgan fingerprint density at radius 2 is 1.92 bits per heavy atom. The third kappa shape index (κ3) is 3.16. The molecule has 0 aliphatic carbocycles. The van der Waals surface area contributed by atoms with Gasteiger partial charge in [-0.3, -0.25) is 0 Å². The molecule has 0 unspecified atom stereocenters. The van der Waals surface area contributed by atoms with Gasteiger partial charge >= 0.3 is 29.6 Å². The zero-order valence-electron chi connectivity index (χ0n) is 5.87. The largest absolute Gasteiger partial charge is 1.00 e. The molecule has 0 spiro atoms. The van der Waals surface area contributed by atoms with E-state index < -0.39 is 15.0 Å². The molecule has 0 radical (unpaired) electrons. The maximum Gasteiger partial charge on any atom is 1.00 e. The van der Waals surface area contributed by atoms with Gasteiger partial charge in [-0.1, -0.05) is 23.2 Å². The van der Waals surface area contributed by atoms with Crippen molar-refractivity contribution in [2.75, 3.05) is 0 Å². The predicted octanol–water partition coefficient (Wildman–Crippen LogP) is -1.04. The molecule has 1 aromatic heterocycles. The second kappa shape index (κ2) is 4.61. The van der Waals surface area contributed by atoms with Crippen LogP contribution in [0.2, 0.25) is 8.67 Å². The second-order valence-corrected chi connectivity index (χ2v) is 5.28. The van der Waals surface area contributed by atoms with E-state index in [0.717, 1.165) is 17.4 Å². The summed E-state index contributed by atoms with van der Waals surface area (Å²) in [5, 5.41) is 0. The molecule has 8 heteroatoms. The minimum Gasteiger partial charge on any atom is -0.744 e. The van der Waals surface area contributed by atoms with E-state index in [4.69, 9.17) is 23.2 Å². The first-order valence-corrected chi connectivity index (χ1v) is 5.30. The maximum absolute atomic E-state index is 10.4. The van der Waals surface area contributed by atoms with Crippen molar-refractivity contribution in [2.45, 2.75) is 4.90 Å². The number of halogens is 2. The fourth-order valence-electron chi connectivity index (χ4n) is 0.496. The molecule has 0 fully saturated rings. The van der Waals surface area contributed by atoms with Gasteiger partial charge in [0.15, 0.2) is 0 Å². The molecular weight excluding hydrogens is 254 g/mol. The summed E-state index contributed by atoms with van der Waals surface area (Å²) in [6.07, 6.45) is 0. The molecule has 0 saturated heterocycles. The topological polar surface area (TPSA) is 57.2 Å². The van der Waals surface area contributed by atoms with Crippen molar-refractivity contribution in [2.24, 2.45) is 0 Å². The molecule has 1 heterocycles. The van der Waals surface area contributed by atoms with Gasteiger partial charge < -0.3 is 4.55 Å². The van der Waals surface area contributed by atoms with Gasteiger partial charge in [-0.2, -0.15) is 0 Å². The van der Waals surface area contributed by atoms with Gasteiger partial charge in [-0.15, -0.1) is 11.3 Å². The van der Waals surface area contributed by atoms with Gasteiger partial charge in [0, 0.05) is 0 Å². The SMILES string of the molecule is O=S(=O)([O-])c1cc(Cl)sc1Cl.[Na+]. The summed E-state index contributed by atoms with van der Waals surface area (Å²) >= 11 is 11.6. The van der Waals surface area contributed by atoms with Crippen LogP contribution in [0.5, 0.6) is 0 Å². The maximum atomic E-state index is 10.4. The Balaban J connectivity index is 0.00000121. The first-order chi connectivity index (χ1) is 4.91. The standard InChI is InChI=1S/C4H2Cl2O3S2.Na/c5-3-1-2(4(6)10-3)11(7,8)9;/h1H,(H,7,8,9);/q;+1/p-1. The van der Waals surface area contributed by atoms with Crippen molar-refractivity contribution in [3.8, 4) is 0 Å². The predicted molar refractivity (Wildman–Crippen MR) is 42.3 cm³/mol. The normalized spacial score (nSPS) is 10.9. The van der Waals surface area contributed by atoms with E-state index in [9.17, 15) is 13.0 Å². The fourth-order valence-corrected chi connectivity index (χ4v) is 3.08. The van der Waals surface area contributed by atoms with E-state index in [1.165, 1.54) is 0 Å². The summed E-state index contributed by atoms with van der Waals surface area (Å²) in [6.45, 7) is 0. The summed E-state index contributed by atoms with van der Waals surface area (Å²) in [6, 6.07) is 1.04. The molecule has 1 rings (SSSR count). The molecule has 0 atom stereocenters. The van der Waals surface area contributed by atoms with Gasteiger partial charge in [-0.25, -0.2) is 8.42 Å². The third-order valence-corrected chi connectivity index (χ3v) is 3.48. The van der Waals surface area contributed by atoms with E-state index in [1.807, 2.05) is 0 Å². The summed E-state index contributed by atoms with van der Waals surface area (Å²) in [5.41, 5.74) is 0. The Hall–Kier alpha value is 1.19. The zero-order chi connectivity index (χ0) is 8.65.